The minimum Gasteiger partial charge on any atom is -0.502 e. The molecule has 0 saturated carbocycles. The SMILES string of the molecule is CC(C)(CCCCOCCCOCCCCC(C)(C)Cc1cocc(O)c1=O)Cc1cc(=O)c(O)co1. The fourth-order valence-electron chi connectivity index (χ4n) is 4.36. The van der Waals surface area contributed by atoms with E-state index in [-0.39, 0.29) is 27.8 Å². The summed E-state index contributed by atoms with van der Waals surface area (Å²) in [6.45, 7) is 11.3. The number of unbranched alkanes of at least 4 members (excludes halogenated alkanes) is 2. The van der Waals surface area contributed by atoms with Crippen LogP contribution < -0.4 is 10.9 Å². The molecule has 208 valence electrons. The highest BCUT2D eigenvalue weighted by Gasteiger charge is 2.21. The first-order valence-corrected chi connectivity index (χ1v) is 13.2. The van der Waals surface area contributed by atoms with Gasteiger partial charge in [0.05, 0.1) is 6.26 Å². The Morgan fingerprint density at radius 1 is 0.730 bits per heavy atom. The summed E-state index contributed by atoms with van der Waals surface area (Å²) in [7, 11) is 0. The molecule has 8 nitrogen and oxygen atoms in total. The van der Waals surface area contributed by atoms with Crippen molar-refractivity contribution in [3.63, 3.8) is 0 Å². The smallest absolute Gasteiger partial charge is 0.229 e. The van der Waals surface area contributed by atoms with E-state index in [1.54, 1.807) is 0 Å². The van der Waals surface area contributed by atoms with Gasteiger partial charge in [-0.1, -0.05) is 40.5 Å². The lowest BCUT2D eigenvalue weighted by Gasteiger charge is -2.24. The zero-order valence-electron chi connectivity index (χ0n) is 22.8. The lowest BCUT2D eigenvalue weighted by atomic mass is 9.81. The molecule has 0 spiro atoms. The van der Waals surface area contributed by atoms with Crippen molar-refractivity contribution in [2.75, 3.05) is 26.4 Å². The lowest BCUT2D eigenvalue weighted by molar-refractivity contribution is 0.0778. The van der Waals surface area contributed by atoms with Gasteiger partial charge in [0.25, 0.3) is 0 Å². The predicted octanol–water partition coefficient (Wildman–Crippen LogP) is 5.61. The second-order valence-corrected chi connectivity index (χ2v) is 11.4. The van der Waals surface area contributed by atoms with E-state index >= 15 is 0 Å². The molecule has 0 fully saturated rings. The van der Waals surface area contributed by atoms with Gasteiger partial charge in [-0.25, -0.2) is 0 Å². The highest BCUT2D eigenvalue weighted by molar-refractivity contribution is 5.21. The van der Waals surface area contributed by atoms with Gasteiger partial charge < -0.3 is 28.5 Å². The van der Waals surface area contributed by atoms with E-state index in [1.165, 1.54) is 12.3 Å². The fraction of sp³-hybridized carbons (Fsp3) is 0.655. The van der Waals surface area contributed by atoms with Crippen molar-refractivity contribution in [2.24, 2.45) is 10.8 Å². The molecule has 2 N–H and O–H groups in total. The Kier molecular flexibility index (Phi) is 12.4. The normalized spacial score (nSPS) is 12.2. The van der Waals surface area contributed by atoms with Gasteiger partial charge in [-0.05, 0) is 49.4 Å². The maximum atomic E-state index is 12.0. The van der Waals surface area contributed by atoms with Gasteiger partial charge in [0.1, 0.15) is 18.3 Å². The van der Waals surface area contributed by atoms with E-state index in [1.807, 2.05) is 0 Å². The summed E-state index contributed by atoms with van der Waals surface area (Å²) >= 11 is 0. The van der Waals surface area contributed by atoms with E-state index in [2.05, 4.69) is 27.7 Å². The number of ether oxygens (including phenoxy) is 2. The van der Waals surface area contributed by atoms with Crippen molar-refractivity contribution in [2.45, 2.75) is 85.5 Å². The summed E-state index contributed by atoms with van der Waals surface area (Å²) in [5.41, 5.74) is -0.316. The van der Waals surface area contributed by atoms with E-state index < -0.39 is 5.43 Å². The van der Waals surface area contributed by atoms with Crippen molar-refractivity contribution in [1.82, 2.24) is 0 Å². The Morgan fingerprint density at radius 3 is 1.89 bits per heavy atom. The zero-order chi connectivity index (χ0) is 27.3. The molecule has 0 bridgehead atoms. The number of aromatic hydroxyl groups is 2. The van der Waals surface area contributed by atoms with Crippen molar-refractivity contribution in [1.29, 1.82) is 0 Å². The quantitative estimate of drug-likeness (QED) is 0.244. The maximum Gasteiger partial charge on any atom is 0.229 e. The molecule has 0 aliphatic rings. The summed E-state index contributed by atoms with van der Waals surface area (Å²) in [4.78, 5) is 23.5. The third-order valence-corrected chi connectivity index (χ3v) is 6.46. The fourth-order valence-corrected chi connectivity index (χ4v) is 4.36. The van der Waals surface area contributed by atoms with Crippen molar-refractivity contribution in [3.8, 4) is 11.5 Å². The maximum absolute atomic E-state index is 12.0. The summed E-state index contributed by atoms with van der Waals surface area (Å²) in [5, 5.41) is 18.8. The number of rotatable bonds is 18. The van der Waals surface area contributed by atoms with Gasteiger partial charge in [-0.15, -0.1) is 0 Å². The molecule has 0 radical (unpaired) electrons. The monoisotopic (exact) mass is 520 g/mol. The number of hydrogen-bond donors (Lipinski definition) is 2. The molecule has 0 unspecified atom stereocenters. The Bertz CT molecular complexity index is 1050. The first kappa shape index (κ1) is 30.6. The summed E-state index contributed by atoms with van der Waals surface area (Å²) < 4.78 is 21.8. The van der Waals surface area contributed by atoms with Gasteiger partial charge in [0, 0.05) is 44.5 Å². The predicted molar refractivity (Wildman–Crippen MR) is 142 cm³/mol. The van der Waals surface area contributed by atoms with Crippen molar-refractivity contribution in [3.05, 3.63) is 56.6 Å². The molecule has 0 aliphatic heterocycles. The van der Waals surface area contributed by atoms with Crippen molar-refractivity contribution >= 4 is 0 Å². The molecule has 2 rings (SSSR count). The van der Waals surface area contributed by atoms with Crippen LogP contribution in [0.5, 0.6) is 11.5 Å². The van der Waals surface area contributed by atoms with Crippen LogP contribution in [0.1, 0.15) is 84.0 Å². The first-order valence-electron chi connectivity index (χ1n) is 13.2. The van der Waals surface area contributed by atoms with E-state index in [0.29, 0.717) is 44.0 Å². The Hall–Kier alpha value is -2.58. The van der Waals surface area contributed by atoms with Crippen LogP contribution in [-0.4, -0.2) is 36.6 Å². The van der Waals surface area contributed by atoms with Crippen LogP contribution in [0.2, 0.25) is 0 Å². The van der Waals surface area contributed by atoms with Crippen LogP contribution in [0.25, 0.3) is 0 Å². The Balaban J connectivity index is 1.45. The minimum absolute atomic E-state index is 0.00470. The third kappa shape index (κ3) is 12.0. The summed E-state index contributed by atoms with van der Waals surface area (Å²) in [6.07, 6.45) is 11.6. The van der Waals surface area contributed by atoms with E-state index in [4.69, 9.17) is 18.3 Å². The Labute approximate surface area is 219 Å². The molecule has 0 aromatic carbocycles. The summed E-state index contributed by atoms with van der Waals surface area (Å²) in [6, 6.07) is 1.36. The van der Waals surface area contributed by atoms with Gasteiger partial charge in [0.15, 0.2) is 11.5 Å². The average molecular weight is 521 g/mol. The average Bonchev–Trinajstić information content (AvgIpc) is 2.82. The van der Waals surface area contributed by atoms with Gasteiger partial charge in [-0.3, -0.25) is 9.59 Å². The lowest BCUT2D eigenvalue weighted by Crippen LogP contribution is -2.20. The molecule has 37 heavy (non-hydrogen) atoms. The topological polar surface area (TPSA) is 119 Å². The van der Waals surface area contributed by atoms with E-state index in [0.717, 1.165) is 64.1 Å². The molecular formula is C29H44O8. The molecule has 0 amide bonds. The zero-order valence-corrected chi connectivity index (χ0v) is 22.8. The standard InChI is InChI=1S/C29H44O8/c1-28(2,17-22-19-36-20-26(32)27(22)33)10-5-7-12-34-14-9-15-35-13-8-6-11-29(3,4)18-23-16-24(30)25(31)21-37-23/h16,19-21,31-32H,5-15,17-18H2,1-4H3. The molecule has 0 saturated heterocycles. The first-order chi connectivity index (χ1) is 17.5. The van der Waals surface area contributed by atoms with Crippen LogP contribution in [0.15, 0.2) is 43.3 Å². The van der Waals surface area contributed by atoms with Gasteiger partial charge >= 0.3 is 0 Å². The van der Waals surface area contributed by atoms with Crippen LogP contribution >= 0.6 is 0 Å². The van der Waals surface area contributed by atoms with Crippen molar-refractivity contribution < 1.29 is 28.5 Å². The minimum atomic E-state index is -0.406. The van der Waals surface area contributed by atoms with Crippen LogP contribution in [-0.2, 0) is 22.3 Å². The molecule has 8 heteroatoms. The highest BCUT2D eigenvalue weighted by atomic mass is 16.5. The second-order valence-electron chi connectivity index (χ2n) is 11.4. The highest BCUT2D eigenvalue weighted by Crippen LogP contribution is 2.29. The second kappa shape index (κ2) is 15.0. The molecule has 2 aromatic rings. The van der Waals surface area contributed by atoms with Crippen LogP contribution in [0, 0.1) is 10.8 Å². The molecule has 2 aromatic heterocycles. The molecule has 0 aliphatic carbocycles. The number of hydrogen-bond acceptors (Lipinski definition) is 8. The molecular weight excluding hydrogens is 476 g/mol. The van der Waals surface area contributed by atoms with Crippen LogP contribution in [0.4, 0.5) is 0 Å². The third-order valence-electron chi connectivity index (χ3n) is 6.46. The van der Waals surface area contributed by atoms with Crippen LogP contribution in [0.3, 0.4) is 0 Å². The molecule has 0 atom stereocenters. The van der Waals surface area contributed by atoms with Gasteiger partial charge in [0.2, 0.25) is 10.9 Å². The molecule has 2 heterocycles. The van der Waals surface area contributed by atoms with E-state index in [9.17, 15) is 19.8 Å². The summed E-state index contributed by atoms with van der Waals surface area (Å²) in [5.74, 6) is -0.104. The Morgan fingerprint density at radius 2 is 1.30 bits per heavy atom. The largest absolute Gasteiger partial charge is 0.502 e. The van der Waals surface area contributed by atoms with Gasteiger partial charge in [-0.2, -0.15) is 0 Å².